The normalized spacial score (nSPS) is 20.8. The summed E-state index contributed by atoms with van der Waals surface area (Å²) in [5, 5.41) is 10.6. The fourth-order valence-corrected chi connectivity index (χ4v) is 4.46. The van der Waals surface area contributed by atoms with Crippen LogP contribution in [0.4, 0.5) is 17.6 Å². The number of nitrogens with zero attached hydrogens (tertiary/aromatic N) is 3. The van der Waals surface area contributed by atoms with Crippen molar-refractivity contribution in [2.45, 2.75) is 32.1 Å². The Bertz CT molecular complexity index is 1040. The minimum atomic E-state index is -3.60. The quantitative estimate of drug-likeness (QED) is 0.626. The van der Waals surface area contributed by atoms with Crippen molar-refractivity contribution in [1.29, 1.82) is 0 Å². The first kappa shape index (κ1) is 23.3. The molecular weight excluding hydrogens is 475 g/mol. The number of halogens is 6. The second kappa shape index (κ2) is 7.85. The Morgan fingerprint density at radius 2 is 1.94 bits per heavy atom. The van der Waals surface area contributed by atoms with Gasteiger partial charge in [0, 0.05) is 37.2 Å². The van der Waals surface area contributed by atoms with E-state index in [1.54, 1.807) is 0 Å². The van der Waals surface area contributed by atoms with Gasteiger partial charge in [0.25, 0.3) is 12.3 Å². The largest absolute Gasteiger partial charge is 0.419 e. The summed E-state index contributed by atoms with van der Waals surface area (Å²) in [5.41, 5.74) is -2.80. The standard InChI is InChI=1S/C20H20Cl2F4N4O2/c1-18(2,15(23)24)17(31)30-8-19(9-30)7-27-6-11(19)14-28-29-16(32-14)20(25,26)10-3-4-12(21)13(22)5-10/h3-5,11,15,27H,6-9H2,1-2H3. The average Bonchev–Trinajstić information content (AvgIpc) is 3.35. The Morgan fingerprint density at radius 3 is 2.56 bits per heavy atom. The first-order valence-electron chi connectivity index (χ1n) is 9.84. The maximum atomic E-state index is 14.9. The molecule has 0 bridgehead atoms. The Morgan fingerprint density at radius 1 is 1.25 bits per heavy atom. The third-order valence-electron chi connectivity index (χ3n) is 6.25. The van der Waals surface area contributed by atoms with Crippen LogP contribution in [0.3, 0.4) is 0 Å². The van der Waals surface area contributed by atoms with Crippen molar-refractivity contribution in [1.82, 2.24) is 20.4 Å². The molecule has 6 nitrogen and oxygen atoms in total. The molecule has 2 fully saturated rings. The van der Waals surface area contributed by atoms with E-state index in [0.29, 0.717) is 13.1 Å². The summed E-state index contributed by atoms with van der Waals surface area (Å²) < 4.78 is 61.7. The molecule has 1 aromatic carbocycles. The number of benzene rings is 1. The molecule has 0 saturated carbocycles. The van der Waals surface area contributed by atoms with Crippen LogP contribution in [0.15, 0.2) is 22.6 Å². The van der Waals surface area contributed by atoms with Crippen LogP contribution in [0.5, 0.6) is 0 Å². The Hall–Kier alpha value is -1.91. The van der Waals surface area contributed by atoms with Gasteiger partial charge in [0.15, 0.2) is 0 Å². The van der Waals surface area contributed by atoms with Gasteiger partial charge in [-0.05, 0) is 26.0 Å². The van der Waals surface area contributed by atoms with Gasteiger partial charge in [-0.2, -0.15) is 8.78 Å². The molecule has 174 valence electrons. The van der Waals surface area contributed by atoms with E-state index in [4.69, 9.17) is 27.6 Å². The lowest BCUT2D eigenvalue weighted by Crippen LogP contribution is -2.64. The van der Waals surface area contributed by atoms with Crippen molar-refractivity contribution in [3.05, 3.63) is 45.6 Å². The number of nitrogens with one attached hydrogen (secondary N) is 1. The lowest BCUT2D eigenvalue weighted by Gasteiger charge is -2.51. The summed E-state index contributed by atoms with van der Waals surface area (Å²) in [7, 11) is 0. The molecule has 1 amide bonds. The van der Waals surface area contributed by atoms with Crippen molar-refractivity contribution in [3.8, 4) is 0 Å². The minimum absolute atomic E-state index is 0.00459. The van der Waals surface area contributed by atoms with E-state index < -0.39 is 46.5 Å². The average molecular weight is 495 g/mol. The summed E-state index contributed by atoms with van der Waals surface area (Å²) >= 11 is 11.6. The first-order valence-corrected chi connectivity index (χ1v) is 10.6. The van der Waals surface area contributed by atoms with Gasteiger partial charge in [0.2, 0.25) is 11.8 Å². The van der Waals surface area contributed by atoms with Crippen LogP contribution >= 0.6 is 23.2 Å². The van der Waals surface area contributed by atoms with Gasteiger partial charge < -0.3 is 14.6 Å². The number of hydrogen-bond acceptors (Lipinski definition) is 5. The van der Waals surface area contributed by atoms with E-state index in [2.05, 4.69) is 15.5 Å². The molecule has 12 heteroatoms. The third-order valence-corrected chi connectivity index (χ3v) is 6.99. The van der Waals surface area contributed by atoms with Crippen molar-refractivity contribution >= 4 is 29.1 Å². The number of rotatable bonds is 5. The number of carbonyl (C=O) groups is 1. The highest BCUT2D eigenvalue weighted by Gasteiger charge is 2.58. The Labute approximate surface area is 191 Å². The topological polar surface area (TPSA) is 71.3 Å². The van der Waals surface area contributed by atoms with Gasteiger partial charge in [0.05, 0.1) is 16.0 Å². The molecule has 1 spiro atoms. The number of carbonyl (C=O) groups excluding carboxylic acids is 1. The van der Waals surface area contributed by atoms with Crippen LogP contribution in [-0.4, -0.2) is 53.6 Å². The summed E-state index contributed by atoms with van der Waals surface area (Å²) in [6.45, 7) is 3.63. The van der Waals surface area contributed by atoms with Crippen molar-refractivity contribution in [2.75, 3.05) is 26.2 Å². The zero-order chi connectivity index (χ0) is 23.5. The third kappa shape index (κ3) is 3.66. The number of aromatic nitrogens is 2. The molecule has 3 heterocycles. The van der Waals surface area contributed by atoms with Crippen molar-refractivity contribution in [3.63, 3.8) is 0 Å². The highest BCUT2D eigenvalue weighted by atomic mass is 35.5. The Balaban J connectivity index is 1.53. The smallest absolute Gasteiger partial charge is 0.349 e. The predicted molar refractivity (Wildman–Crippen MR) is 108 cm³/mol. The molecule has 0 radical (unpaired) electrons. The molecule has 0 aliphatic carbocycles. The maximum absolute atomic E-state index is 14.9. The first-order chi connectivity index (χ1) is 14.9. The number of alkyl halides is 4. The summed E-state index contributed by atoms with van der Waals surface area (Å²) in [4.78, 5) is 13.8. The van der Waals surface area contributed by atoms with Crippen LogP contribution in [0.2, 0.25) is 10.0 Å². The van der Waals surface area contributed by atoms with Crippen LogP contribution < -0.4 is 5.32 Å². The maximum Gasteiger partial charge on any atom is 0.349 e. The van der Waals surface area contributed by atoms with E-state index in [9.17, 15) is 22.4 Å². The van der Waals surface area contributed by atoms with E-state index >= 15 is 0 Å². The summed E-state index contributed by atoms with van der Waals surface area (Å²) in [6, 6.07) is 3.41. The van der Waals surface area contributed by atoms with Gasteiger partial charge in [-0.1, -0.05) is 29.3 Å². The van der Waals surface area contributed by atoms with Gasteiger partial charge >= 0.3 is 5.92 Å². The fraction of sp³-hybridized carbons (Fsp3) is 0.550. The second-order valence-electron chi connectivity index (χ2n) is 8.88. The zero-order valence-corrected chi connectivity index (χ0v) is 18.7. The second-order valence-corrected chi connectivity index (χ2v) is 9.69. The molecule has 2 aromatic rings. The van der Waals surface area contributed by atoms with Crippen molar-refractivity contribution < 1.29 is 26.8 Å². The van der Waals surface area contributed by atoms with Crippen LogP contribution in [0.1, 0.15) is 37.1 Å². The zero-order valence-electron chi connectivity index (χ0n) is 17.1. The molecule has 2 aliphatic heterocycles. The van der Waals surface area contributed by atoms with E-state index in [1.165, 1.54) is 24.8 Å². The summed E-state index contributed by atoms with van der Waals surface area (Å²) in [6.07, 6.45) is -2.80. The lowest BCUT2D eigenvalue weighted by atomic mass is 9.70. The van der Waals surface area contributed by atoms with Crippen molar-refractivity contribution in [2.24, 2.45) is 10.8 Å². The van der Waals surface area contributed by atoms with E-state index in [1.807, 2.05) is 0 Å². The number of hydrogen-bond donors (Lipinski definition) is 1. The highest BCUT2D eigenvalue weighted by molar-refractivity contribution is 6.42. The number of amides is 1. The lowest BCUT2D eigenvalue weighted by molar-refractivity contribution is -0.161. The molecule has 1 aromatic heterocycles. The van der Waals surface area contributed by atoms with E-state index in [0.717, 1.165) is 12.1 Å². The van der Waals surface area contributed by atoms with E-state index in [-0.39, 0.29) is 29.0 Å². The van der Waals surface area contributed by atoms with Crippen LogP contribution in [-0.2, 0) is 10.7 Å². The minimum Gasteiger partial charge on any atom is -0.419 e. The SMILES string of the molecule is CC(C)(C(=O)N1CC2(CNCC2c2nnc(C(F)(F)c3ccc(Cl)c(Cl)c3)o2)C1)C(F)F. The van der Waals surface area contributed by atoms with Gasteiger partial charge in [-0.15, -0.1) is 10.2 Å². The van der Waals surface area contributed by atoms with Crippen LogP contribution in [0, 0.1) is 10.8 Å². The molecule has 4 rings (SSSR count). The molecule has 1 atom stereocenters. The van der Waals surface area contributed by atoms with Gasteiger partial charge in [-0.3, -0.25) is 4.79 Å². The molecule has 32 heavy (non-hydrogen) atoms. The molecular formula is C20H20Cl2F4N4O2. The number of likely N-dealkylation sites (tertiary alicyclic amines) is 1. The van der Waals surface area contributed by atoms with Crippen LogP contribution in [0.25, 0.3) is 0 Å². The molecule has 2 saturated heterocycles. The van der Waals surface area contributed by atoms with Gasteiger partial charge in [0.1, 0.15) is 5.41 Å². The monoisotopic (exact) mass is 494 g/mol. The summed E-state index contributed by atoms with van der Waals surface area (Å²) in [5.74, 6) is -5.57. The fourth-order valence-electron chi connectivity index (χ4n) is 4.16. The van der Waals surface area contributed by atoms with Gasteiger partial charge in [-0.25, -0.2) is 8.78 Å². The highest BCUT2D eigenvalue weighted by Crippen LogP contribution is 2.48. The predicted octanol–water partition coefficient (Wildman–Crippen LogP) is 4.32. The molecule has 1 unspecified atom stereocenters. The Kier molecular flexibility index (Phi) is 5.70. The molecule has 2 aliphatic rings. The molecule has 1 N–H and O–H groups in total.